The average molecular weight is 747 g/mol. The molecule has 0 radical (unpaired) electrons. The van der Waals surface area contributed by atoms with Crippen LogP contribution in [-0.2, 0) is 0 Å². The Balaban J connectivity index is 1.13. The lowest BCUT2D eigenvalue weighted by Crippen LogP contribution is -2.09. The van der Waals surface area contributed by atoms with E-state index in [0.29, 0.717) is 0 Å². The minimum Gasteiger partial charge on any atom is -0.310 e. The van der Waals surface area contributed by atoms with E-state index in [1.54, 1.807) is 0 Å². The second kappa shape index (κ2) is 14.9. The Hall–Kier alpha value is -7.07. The number of fused-ring (bicyclic) bond motifs is 3. The van der Waals surface area contributed by atoms with Crippen molar-refractivity contribution in [1.29, 1.82) is 0 Å². The van der Waals surface area contributed by atoms with Gasteiger partial charge in [0.15, 0.2) is 0 Å². The smallest absolute Gasteiger partial charge is 0.0744 e. The molecule has 270 valence electrons. The molecule has 0 unspecified atom stereocenters. The van der Waals surface area contributed by atoms with E-state index in [4.69, 9.17) is 4.98 Å². The first-order chi connectivity index (χ1) is 28.2. The Labute approximate surface area is 337 Å². The normalized spacial score (nSPS) is 11.2. The number of pyridine rings is 1. The van der Waals surface area contributed by atoms with E-state index in [1.807, 2.05) is 11.3 Å². The van der Waals surface area contributed by atoms with Crippen LogP contribution < -0.4 is 4.90 Å². The molecule has 3 heteroatoms. The summed E-state index contributed by atoms with van der Waals surface area (Å²) < 4.78 is 2.52. The van der Waals surface area contributed by atoms with Crippen molar-refractivity contribution in [3.63, 3.8) is 0 Å². The van der Waals surface area contributed by atoms with Crippen LogP contribution in [0, 0.1) is 6.92 Å². The Morgan fingerprint density at radius 2 is 0.930 bits per heavy atom. The summed E-state index contributed by atoms with van der Waals surface area (Å²) in [6.07, 6.45) is 0. The highest BCUT2D eigenvalue weighted by Crippen LogP contribution is 2.46. The number of hydrogen-bond acceptors (Lipinski definition) is 3. The largest absolute Gasteiger partial charge is 0.310 e. The van der Waals surface area contributed by atoms with Gasteiger partial charge in [-0.25, -0.2) is 4.98 Å². The van der Waals surface area contributed by atoms with Gasteiger partial charge in [-0.05, 0) is 100 Å². The van der Waals surface area contributed by atoms with Crippen LogP contribution in [0.25, 0.3) is 76.1 Å². The topological polar surface area (TPSA) is 16.1 Å². The van der Waals surface area contributed by atoms with Gasteiger partial charge >= 0.3 is 0 Å². The van der Waals surface area contributed by atoms with Crippen LogP contribution in [0.5, 0.6) is 0 Å². The monoisotopic (exact) mass is 746 g/mol. The summed E-state index contributed by atoms with van der Waals surface area (Å²) in [6.45, 7) is 2.22. The molecular formula is C54H38N2S. The first-order valence-electron chi connectivity index (χ1n) is 19.4. The minimum atomic E-state index is 0.960. The second-order valence-corrected chi connectivity index (χ2v) is 15.5. The molecule has 2 nitrogen and oxygen atoms in total. The van der Waals surface area contributed by atoms with Crippen molar-refractivity contribution in [1.82, 2.24) is 4.98 Å². The van der Waals surface area contributed by atoms with E-state index < -0.39 is 0 Å². The Kier molecular flexibility index (Phi) is 8.98. The number of benzene rings is 8. The molecule has 0 saturated carbocycles. The third-order valence-electron chi connectivity index (χ3n) is 10.8. The third-order valence-corrected chi connectivity index (χ3v) is 12.0. The minimum absolute atomic E-state index is 0.960. The lowest BCUT2D eigenvalue weighted by molar-refractivity contribution is 1.27. The number of rotatable bonds is 8. The molecule has 2 aromatic heterocycles. The molecule has 0 spiro atoms. The molecule has 0 atom stereocenters. The van der Waals surface area contributed by atoms with Gasteiger partial charge in [0.05, 0.1) is 11.4 Å². The van der Waals surface area contributed by atoms with Crippen LogP contribution in [0.2, 0.25) is 0 Å². The van der Waals surface area contributed by atoms with E-state index in [1.165, 1.54) is 59.1 Å². The predicted molar refractivity (Wildman–Crippen MR) is 244 cm³/mol. The van der Waals surface area contributed by atoms with Crippen molar-refractivity contribution in [2.24, 2.45) is 0 Å². The quantitative estimate of drug-likeness (QED) is 0.154. The lowest BCUT2D eigenvalue weighted by atomic mass is 9.91. The lowest BCUT2D eigenvalue weighted by Gasteiger charge is -2.26. The van der Waals surface area contributed by atoms with Crippen molar-refractivity contribution in [2.45, 2.75) is 6.92 Å². The number of nitrogens with zero attached hydrogens (tertiary/aromatic N) is 2. The zero-order valence-corrected chi connectivity index (χ0v) is 32.3. The van der Waals surface area contributed by atoms with Gasteiger partial charge in [0.2, 0.25) is 0 Å². The summed E-state index contributed by atoms with van der Waals surface area (Å²) in [5.41, 5.74) is 15.9. The van der Waals surface area contributed by atoms with E-state index in [0.717, 1.165) is 39.6 Å². The fourth-order valence-corrected chi connectivity index (χ4v) is 9.23. The van der Waals surface area contributed by atoms with Gasteiger partial charge in [0, 0.05) is 48.4 Å². The highest BCUT2D eigenvalue weighted by Gasteiger charge is 2.20. The first kappa shape index (κ1) is 34.4. The molecular weight excluding hydrogens is 709 g/mol. The van der Waals surface area contributed by atoms with Crippen LogP contribution in [0.1, 0.15) is 5.56 Å². The number of thiophene rings is 1. The van der Waals surface area contributed by atoms with Crippen molar-refractivity contribution >= 4 is 48.6 Å². The van der Waals surface area contributed by atoms with Crippen LogP contribution >= 0.6 is 11.3 Å². The van der Waals surface area contributed by atoms with Gasteiger partial charge in [0.1, 0.15) is 0 Å². The Morgan fingerprint density at radius 1 is 0.386 bits per heavy atom. The Bertz CT molecular complexity index is 3010. The van der Waals surface area contributed by atoms with Crippen molar-refractivity contribution in [2.75, 3.05) is 4.90 Å². The molecule has 0 fully saturated rings. The van der Waals surface area contributed by atoms with Crippen molar-refractivity contribution < 1.29 is 0 Å². The first-order valence-corrected chi connectivity index (χ1v) is 20.2. The maximum absolute atomic E-state index is 5.37. The second-order valence-electron chi connectivity index (χ2n) is 14.4. The molecule has 0 aliphatic heterocycles. The van der Waals surface area contributed by atoms with Crippen LogP contribution in [0.4, 0.5) is 17.1 Å². The molecule has 0 N–H and O–H groups in total. The van der Waals surface area contributed by atoms with Crippen LogP contribution in [-0.4, -0.2) is 4.98 Å². The predicted octanol–water partition coefficient (Wildman–Crippen LogP) is 15.6. The van der Waals surface area contributed by atoms with Crippen LogP contribution in [0.15, 0.2) is 212 Å². The third kappa shape index (κ3) is 6.58. The summed E-state index contributed by atoms with van der Waals surface area (Å²) >= 11 is 1.86. The molecule has 8 aromatic carbocycles. The molecule has 10 rings (SSSR count). The van der Waals surface area contributed by atoms with Crippen LogP contribution in [0.3, 0.4) is 0 Å². The standard InChI is InChI=1S/C54H38N2S/c1-37-49(36-50(55-54(37)40-21-10-4-11-22-40)43-25-14-23-41(33-43)38-17-6-2-7-18-38)47-29-16-30-51-53(47)48-32-31-46(35-52(48)57-51)56(44-26-12-5-13-27-44)45-28-15-24-42(34-45)39-19-8-3-9-20-39/h2-36H,1H3. The average Bonchev–Trinajstić information content (AvgIpc) is 3.66. The maximum atomic E-state index is 5.37. The Morgan fingerprint density at radius 3 is 1.63 bits per heavy atom. The highest BCUT2D eigenvalue weighted by molar-refractivity contribution is 7.26. The molecule has 0 aliphatic rings. The van der Waals surface area contributed by atoms with Crippen molar-refractivity contribution in [3.05, 3.63) is 218 Å². The van der Waals surface area contributed by atoms with Gasteiger partial charge in [0.25, 0.3) is 0 Å². The van der Waals surface area contributed by atoms with E-state index in [-0.39, 0.29) is 0 Å². The van der Waals surface area contributed by atoms with Crippen molar-refractivity contribution in [3.8, 4) is 55.9 Å². The summed E-state index contributed by atoms with van der Waals surface area (Å²) in [7, 11) is 0. The fourth-order valence-electron chi connectivity index (χ4n) is 8.06. The summed E-state index contributed by atoms with van der Waals surface area (Å²) in [5.74, 6) is 0. The van der Waals surface area contributed by atoms with Gasteiger partial charge < -0.3 is 4.90 Å². The van der Waals surface area contributed by atoms with Gasteiger partial charge in [-0.3, -0.25) is 0 Å². The molecule has 0 bridgehead atoms. The fraction of sp³-hybridized carbons (Fsp3) is 0.0185. The zero-order chi connectivity index (χ0) is 38.1. The zero-order valence-electron chi connectivity index (χ0n) is 31.5. The molecule has 2 heterocycles. The number of hydrogen-bond donors (Lipinski definition) is 0. The molecule has 0 amide bonds. The summed E-state index contributed by atoms with van der Waals surface area (Å²) in [4.78, 5) is 7.74. The molecule has 0 aliphatic carbocycles. The van der Waals surface area contributed by atoms with Gasteiger partial charge in [-0.2, -0.15) is 0 Å². The highest BCUT2D eigenvalue weighted by atomic mass is 32.1. The van der Waals surface area contributed by atoms with Gasteiger partial charge in [-0.15, -0.1) is 11.3 Å². The SMILES string of the molecule is Cc1c(-c2cccc3sc4cc(N(c5ccccc5)c5cccc(-c6ccccc6)c5)ccc4c23)cc(-c2cccc(-c3ccccc3)c2)nc1-c1ccccc1. The molecule has 57 heavy (non-hydrogen) atoms. The number of aromatic nitrogens is 1. The van der Waals surface area contributed by atoms with E-state index in [2.05, 4.69) is 224 Å². The van der Waals surface area contributed by atoms with E-state index >= 15 is 0 Å². The number of para-hydroxylation sites is 1. The summed E-state index contributed by atoms with van der Waals surface area (Å²) in [6, 6.07) is 76.1. The molecule has 10 aromatic rings. The maximum Gasteiger partial charge on any atom is 0.0744 e. The molecule has 0 saturated heterocycles. The number of anilines is 3. The summed E-state index contributed by atoms with van der Waals surface area (Å²) in [5, 5.41) is 2.53. The van der Waals surface area contributed by atoms with E-state index in [9.17, 15) is 0 Å². The van der Waals surface area contributed by atoms with Gasteiger partial charge in [-0.1, -0.05) is 158 Å².